The van der Waals surface area contributed by atoms with Crippen molar-refractivity contribution in [2.24, 2.45) is 67.8 Å². The van der Waals surface area contributed by atoms with Crippen molar-refractivity contribution >= 4 is 75.8 Å². The zero-order valence-corrected chi connectivity index (χ0v) is 58.9. The summed E-state index contributed by atoms with van der Waals surface area (Å²) in [6.45, 7) is 24.8. The van der Waals surface area contributed by atoms with Crippen LogP contribution < -0.4 is 0 Å². The molecule has 0 aromatic carbocycles. The number of ether oxygens (including phenoxy) is 14. The van der Waals surface area contributed by atoms with Gasteiger partial charge in [0.05, 0.1) is 74.6 Å². The molecular weight excluding hydrogens is 1350 g/mol. The molecule has 0 aromatic heterocycles. The Morgan fingerprint density at radius 3 is 1.26 bits per heavy atom. The number of hydrogen-bond acceptors (Lipinski definition) is 26. The lowest BCUT2D eigenvalue weighted by molar-refractivity contribution is -0.336. The minimum Gasteiger partial charge on any atom is -0.457 e. The molecule has 542 valence electrons. The number of nitrogens with one attached hydrogen (secondary N) is 1. The zero-order valence-electron chi connectivity index (χ0n) is 56.6. The maximum absolute atomic E-state index is 13.1. The van der Waals surface area contributed by atoms with E-state index in [0.29, 0.717) is 19.4 Å². The number of aliphatic hydroxyl groups excluding tert-OH is 1. The highest BCUT2D eigenvalue weighted by Gasteiger charge is 2.57. The minimum atomic E-state index is -2.25. The van der Waals surface area contributed by atoms with Crippen LogP contribution in [0.4, 0.5) is 0 Å². The Morgan fingerprint density at radius 2 is 0.856 bits per heavy atom. The molecule has 0 aliphatic carbocycles. The normalized spacial score (nSPS) is 40.3. The first-order valence-electron chi connectivity index (χ1n) is 32.5. The van der Waals surface area contributed by atoms with Crippen LogP contribution in [0, 0.1) is 52.8 Å². The van der Waals surface area contributed by atoms with Crippen LogP contribution in [0.5, 0.6) is 0 Å². The predicted octanol–water partition coefficient (Wildman–Crippen LogP) is 9.61. The number of carbonyl (C=O) groups is 6. The van der Waals surface area contributed by atoms with E-state index in [-0.39, 0.29) is 103 Å². The molecule has 34 nitrogen and oxygen atoms in total. The molecule has 0 saturated carbocycles. The molecule has 0 radical (unpaired) electrons. The summed E-state index contributed by atoms with van der Waals surface area (Å²) in [7, 11) is 0. The summed E-state index contributed by atoms with van der Waals surface area (Å²) >= 11 is 17.3. The van der Waals surface area contributed by atoms with Gasteiger partial charge in [0.2, 0.25) is 12.2 Å². The Hall–Kier alpha value is -5.28. The number of Topliss-reactive ketones (excluding diaryl/α,β-unsaturated/α-hetero) is 4. The van der Waals surface area contributed by atoms with Gasteiger partial charge in [-0.1, -0.05) is 124 Å². The van der Waals surface area contributed by atoms with E-state index in [4.69, 9.17) is 118 Å². The fourth-order valence-electron chi connectivity index (χ4n) is 13.2. The lowest BCUT2D eigenvalue weighted by Gasteiger charge is -2.49. The Kier molecular flexibility index (Phi) is 30.2. The molecular formula is C60H90Cl3N13O21. The van der Waals surface area contributed by atoms with Crippen LogP contribution in [0.25, 0.3) is 41.8 Å². The van der Waals surface area contributed by atoms with Crippen molar-refractivity contribution in [2.75, 3.05) is 13.2 Å². The molecule has 2 N–H and O–H groups in total. The molecule has 8 aliphatic rings. The highest BCUT2D eigenvalue weighted by Crippen LogP contribution is 2.44. The Morgan fingerprint density at radius 1 is 0.474 bits per heavy atom. The van der Waals surface area contributed by atoms with Crippen molar-refractivity contribution in [3.63, 3.8) is 0 Å². The van der Waals surface area contributed by atoms with Gasteiger partial charge in [0.15, 0.2) is 55.2 Å². The average Bonchev–Trinajstić information content (AvgIpc) is 1.43. The van der Waals surface area contributed by atoms with Crippen molar-refractivity contribution in [3.05, 3.63) is 41.8 Å². The van der Waals surface area contributed by atoms with Gasteiger partial charge in [0, 0.05) is 44.3 Å². The monoisotopic (exact) mass is 1430 g/mol. The summed E-state index contributed by atoms with van der Waals surface area (Å²) in [6.07, 6.45) is -14.3. The molecule has 30 atom stereocenters. The van der Waals surface area contributed by atoms with E-state index in [9.17, 15) is 44.9 Å². The second-order valence-electron chi connectivity index (χ2n) is 25.9. The Balaban J connectivity index is 0.000000259. The second kappa shape index (κ2) is 36.4. The fraction of sp³-hybridized carbons (Fsp3) is 0.883. The van der Waals surface area contributed by atoms with Gasteiger partial charge in [0.1, 0.15) is 48.2 Å². The highest BCUT2D eigenvalue weighted by molar-refractivity contribution is 6.76. The SMILES string of the molecule is CC[C@@H]1O[C@H](O[C@H]2[C@H](C)C(OC(=O)CCC(C)=O)[C@@H](OC(=N)C(Cl)(Cl)Cl)O[C@H]2C(C)=O)C(N=[N+]=[N-])[C@@H](C)[C@@H]1C.CC[C@@H]1O[C@H](O[C@H]2[C@H](C)C(OC(=O)CCC(C)=O)[C@H](O[C@@H]3C4CO[C@H](O4)C(N=[N+]=[N-])[C@H]3C)O[C@H]2C(C)=O)C(N=[N+]=[N-])[C@@H](C)[C@@H]1C.C[C@@H]1C(N=[N+]=[N-])[C@@H]2OCC(O2)[C@H]1O. The van der Waals surface area contributed by atoms with Gasteiger partial charge in [-0.2, -0.15) is 0 Å². The standard InChI is InChI=1S/C29H44N6O10.C24H35Cl3N4O8.C7H11N3O3/c1-8-18-13(3)14(4)21(32-34-30)28(40-18)44-24-16(6)25(42-20(38)10-9-12(2)36)29(45-26(24)17(7)37)43-23-15(5)22(33-35-31)27-39-11-19(23)41-27;1-7-15-11(3)12(4)17(30-31-29)21(35-15)37-18-13(5)19(36-16(34)9-8-10(2)32)22(38-20(18)14(6)33)39-23(28)24(25,26)27;1-3-5(9-10-8)7-12-2-4(13-7)6(3)11/h13-16,18-19,21-29H,8-11H2,1-7H3;11-13,15,17-22,28H,7-9H2,1-6H3;3-7,11H,2H2,1H3/t13-,14-,15+,16-,18-,19?,21?,22?,23-,24-,25?,26-,27+,28+,29+;11-,12-,13-,15-,17?,18-,19?,20-,21+,22+;3-,4?,5?,6+,7-/m001/s1. The molecule has 8 heterocycles. The molecule has 8 fully saturated rings. The number of alkyl halides is 3. The lowest BCUT2D eigenvalue weighted by atomic mass is 9.81. The van der Waals surface area contributed by atoms with E-state index in [1.807, 2.05) is 55.4 Å². The van der Waals surface area contributed by atoms with Crippen LogP contribution in [-0.2, 0) is 95.1 Å². The Bertz CT molecular complexity index is 2980. The van der Waals surface area contributed by atoms with Crippen molar-refractivity contribution in [3.8, 4) is 0 Å². The summed E-state index contributed by atoms with van der Waals surface area (Å²) in [5.74, 6) is -5.44. The van der Waals surface area contributed by atoms with Gasteiger partial charge in [-0.25, -0.2) is 0 Å². The zero-order chi connectivity index (χ0) is 72.1. The molecule has 0 aromatic rings. The molecule has 37 heteroatoms. The van der Waals surface area contributed by atoms with Crippen molar-refractivity contribution in [2.45, 2.75) is 274 Å². The van der Waals surface area contributed by atoms with Gasteiger partial charge in [-0.05, 0) is 98.2 Å². The van der Waals surface area contributed by atoms with E-state index in [1.165, 1.54) is 27.7 Å². The van der Waals surface area contributed by atoms with Crippen molar-refractivity contribution < 1.29 is 100 Å². The van der Waals surface area contributed by atoms with Crippen LogP contribution in [-0.4, -0.2) is 198 Å². The first kappa shape index (κ1) is 80.7. The molecule has 4 bridgehead atoms. The molecule has 8 aliphatic heterocycles. The third-order valence-corrected chi connectivity index (χ3v) is 19.9. The molecule has 8 rings (SSSR count). The summed E-state index contributed by atoms with van der Waals surface area (Å²) in [4.78, 5) is 85.9. The number of nitrogens with zero attached hydrogens (tertiary/aromatic N) is 12. The first-order valence-corrected chi connectivity index (χ1v) is 33.6. The average molecular weight is 1440 g/mol. The summed E-state index contributed by atoms with van der Waals surface area (Å²) in [6, 6.07) is -2.51. The summed E-state index contributed by atoms with van der Waals surface area (Å²) < 4.78 is 80.6. The second-order valence-corrected chi connectivity index (χ2v) is 28.2. The van der Waals surface area contributed by atoms with Gasteiger partial charge >= 0.3 is 11.9 Å². The van der Waals surface area contributed by atoms with E-state index in [2.05, 4.69) is 40.1 Å². The number of hydrogen-bond donors (Lipinski definition) is 2. The minimum absolute atomic E-state index is 0.0112. The maximum atomic E-state index is 13.1. The van der Waals surface area contributed by atoms with Gasteiger partial charge in [-0.3, -0.25) is 24.6 Å². The van der Waals surface area contributed by atoms with Crippen LogP contribution in [0.15, 0.2) is 20.5 Å². The molecule has 97 heavy (non-hydrogen) atoms. The van der Waals surface area contributed by atoms with Crippen molar-refractivity contribution in [1.29, 1.82) is 5.41 Å². The summed E-state index contributed by atoms with van der Waals surface area (Å²) in [5, 5.41) is 32.9. The maximum Gasteiger partial charge on any atom is 0.306 e. The highest BCUT2D eigenvalue weighted by atomic mass is 35.6. The lowest BCUT2D eigenvalue weighted by Crippen LogP contribution is -2.62. The molecule has 0 amide bonds. The largest absolute Gasteiger partial charge is 0.457 e. The first-order chi connectivity index (χ1) is 45.8. The molecule has 0 spiro atoms. The number of carbonyl (C=O) groups excluding carboxylic acids is 6. The van der Waals surface area contributed by atoms with Gasteiger partial charge in [0.25, 0.3) is 3.79 Å². The topological polar surface area (TPSA) is 471 Å². The number of azide groups is 4. The predicted molar refractivity (Wildman–Crippen MR) is 340 cm³/mol. The van der Waals surface area contributed by atoms with Crippen LogP contribution in [0.1, 0.15) is 135 Å². The van der Waals surface area contributed by atoms with Crippen LogP contribution >= 0.6 is 34.8 Å². The van der Waals surface area contributed by atoms with Crippen LogP contribution in [0.3, 0.4) is 0 Å². The number of fused-ring (bicyclic) bond motifs is 4. The van der Waals surface area contributed by atoms with Crippen molar-refractivity contribution in [1.82, 2.24) is 0 Å². The third-order valence-electron chi connectivity index (χ3n) is 19.4. The van der Waals surface area contributed by atoms with Gasteiger partial charge < -0.3 is 81.0 Å². The number of ketones is 4. The number of halogens is 3. The fourth-order valence-corrected chi connectivity index (χ4v) is 13.3. The molecule has 8 saturated heterocycles. The Labute approximate surface area is 576 Å². The third kappa shape index (κ3) is 20.0. The number of rotatable bonds is 23. The smallest absolute Gasteiger partial charge is 0.306 e. The van der Waals surface area contributed by atoms with E-state index < -0.39 is 156 Å². The quantitative estimate of drug-likeness (QED) is 0.0183. The number of aliphatic hydroxyl groups is 1. The van der Waals surface area contributed by atoms with Gasteiger partial charge in [-0.15, -0.1) is 0 Å². The van der Waals surface area contributed by atoms with E-state index >= 15 is 0 Å². The molecule has 8 unspecified atom stereocenters. The summed E-state index contributed by atoms with van der Waals surface area (Å²) in [5.41, 5.74) is 36.0. The van der Waals surface area contributed by atoms with Crippen LogP contribution in [0.2, 0.25) is 0 Å². The van der Waals surface area contributed by atoms with E-state index in [0.717, 1.165) is 0 Å². The van der Waals surface area contributed by atoms with E-state index in [1.54, 1.807) is 13.8 Å². The number of esters is 2.